The van der Waals surface area contributed by atoms with Crippen LogP contribution in [-0.4, -0.2) is 62.3 Å². The molecule has 1 aliphatic carbocycles. The first-order valence-corrected chi connectivity index (χ1v) is 11.1. The second-order valence-corrected chi connectivity index (χ2v) is 10.1. The maximum Gasteiger partial charge on any atom is 0.242 e. The largest absolute Gasteiger partial charge is 0.349 e. The molecule has 0 bridgehead atoms. The van der Waals surface area contributed by atoms with Crippen LogP contribution >= 0.6 is 0 Å². The van der Waals surface area contributed by atoms with Gasteiger partial charge in [0.05, 0.1) is 5.25 Å². The van der Waals surface area contributed by atoms with Crippen LogP contribution in [0.25, 0.3) is 11.4 Å². The van der Waals surface area contributed by atoms with E-state index in [1.165, 1.54) is 0 Å². The number of carbonyl (C=O) groups excluding carboxylic acids is 1. The first-order chi connectivity index (χ1) is 13.5. The molecule has 1 amide bonds. The number of carbonyl (C=O) groups is 1. The van der Waals surface area contributed by atoms with E-state index in [-0.39, 0.29) is 17.7 Å². The lowest BCUT2D eigenvalue weighted by Gasteiger charge is -2.40. The number of rotatable bonds is 3. The van der Waals surface area contributed by atoms with Crippen molar-refractivity contribution in [1.82, 2.24) is 29.4 Å². The first kappa shape index (κ1) is 17.7. The van der Waals surface area contributed by atoms with Crippen molar-refractivity contribution in [2.24, 2.45) is 0 Å². The second kappa shape index (κ2) is 6.35. The molecule has 1 spiro atoms. The highest BCUT2D eigenvalue weighted by atomic mass is 32.2. The maximum absolute atomic E-state index is 12.5. The molecule has 9 nitrogen and oxygen atoms in total. The lowest BCUT2D eigenvalue weighted by molar-refractivity contribution is -0.123. The molecule has 0 aromatic carbocycles. The minimum absolute atomic E-state index is 0.111. The Balaban J connectivity index is 1.39. The standard InChI is InChI=1S/C18H22N6O3S/c25-16-12-24-15(20-17(22-24)13-2-1-7-19-11-13)10-18(21-16)5-8-23(9-6-18)28(26,27)14-3-4-14/h1-2,7,11,14H,3-6,8-10,12H2,(H,21,25). The minimum Gasteiger partial charge on any atom is -0.349 e. The van der Waals surface area contributed by atoms with Crippen LogP contribution in [-0.2, 0) is 27.8 Å². The van der Waals surface area contributed by atoms with E-state index in [0.717, 1.165) is 24.2 Å². The van der Waals surface area contributed by atoms with E-state index >= 15 is 0 Å². The summed E-state index contributed by atoms with van der Waals surface area (Å²) in [6.45, 7) is 0.986. The Morgan fingerprint density at radius 3 is 2.68 bits per heavy atom. The summed E-state index contributed by atoms with van der Waals surface area (Å²) in [6, 6.07) is 3.71. The van der Waals surface area contributed by atoms with Crippen LogP contribution in [0.1, 0.15) is 31.5 Å². The summed E-state index contributed by atoms with van der Waals surface area (Å²) in [4.78, 5) is 21.3. The Labute approximate surface area is 163 Å². The van der Waals surface area contributed by atoms with Gasteiger partial charge >= 0.3 is 0 Å². The summed E-state index contributed by atoms with van der Waals surface area (Å²) >= 11 is 0. The van der Waals surface area contributed by atoms with E-state index < -0.39 is 15.6 Å². The Morgan fingerprint density at radius 1 is 1.21 bits per heavy atom. The van der Waals surface area contributed by atoms with Gasteiger partial charge in [0.1, 0.15) is 12.4 Å². The number of sulfonamides is 1. The number of aromatic nitrogens is 4. The molecule has 0 atom stereocenters. The highest BCUT2D eigenvalue weighted by Crippen LogP contribution is 2.35. The number of nitrogens with one attached hydrogen (secondary N) is 1. The molecule has 0 unspecified atom stereocenters. The van der Waals surface area contributed by atoms with Crippen molar-refractivity contribution >= 4 is 15.9 Å². The molecule has 0 radical (unpaired) electrons. The van der Waals surface area contributed by atoms with Gasteiger partial charge in [-0.25, -0.2) is 22.4 Å². The molecule has 1 saturated heterocycles. The highest BCUT2D eigenvalue weighted by molar-refractivity contribution is 7.90. The summed E-state index contributed by atoms with van der Waals surface area (Å²) in [5.41, 5.74) is 0.336. The van der Waals surface area contributed by atoms with Gasteiger partial charge in [0.2, 0.25) is 15.9 Å². The Hall–Kier alpha value is -2.33. The third-order valence-corrected chi connectivity index (χ3v) is 8.25. The summed E-state index contributed by atoms with van der Waals surface area (Å²) in [5, 5.41) is 7.42. The van der Waals surface area contributed by atoms with E-state index in [2.05, 4.69) is 20.4 Å². The first-order valence-electron chi connectivity index (χ1n) is 9.59. The maximum atomic E-state index is 12.5. The fraction of sp³-hybridized carbons (Fsp3) is 0.556. The molecular weight excluding hydrogens is 380 g/mol. The van der Waals surface area contributed by atoms with Crippen molar-refractivity contribution in [3.63, 3.8) is 0 Å². The zero-order chi connectivity index (χ0) is 19.4. The second-order valence-electron chi connectivity index (χ2n) is 7.90. The van der Waals surface area contributed by atoms with Crippen LogP contribution in [0, 0.1) is 0 Å². The van der Waals surface area contributed by atoms with Crippen LogP contribution in [0.5, 0.6) is 0 Å². The molecule has 28 heavy (non-hydrogen) atoms. The Bertz CT molecular complexity index is 1010. The van der Waals surface area contributed by atoms with Gasteiger partial charge in [-0.15, -0.1) is 0 Å². The molecule has 4 heterocycles. The number of pyridine rings is 1. The van der Waals surface area contributed by atoms with Gasteiger partial charge in [-0.3, -0.25) is 9.78 Å². The molecule has 2 aromatic rings. The molecule has 148 valence electrons. The monoisotopic (exact) mass is 402 g/mol. The molecule has 2 aromatic heterocycles. The van der Waals surface area contributed by atoms with E-state index in [1.807, 2.05) is 12.1 Å². The average molecular weight is 402 g/mol. The molecule has 2 aliphatic heterocycles. The fourth-order valence-electron chi connectivity index (χ4n) is 4.11. The Kier molecular flexibility index (Phi) is 4.02. The Morgan fingerprint density at radius 2 is 2.00 bits per heavy atom. The van der Waals surface area contributed by atoms with Gasteiger partial charge < -0.3 is 5.32 Å². The van der Waals surface area contributed by atoms with E-state index in [9.17, 15) is 13.2 Å². The number of piperidine rings is 1. The van der Waals surface area contributed by atoms with Gasteiger partial charge in [0.25, 0.3) is 0 Å². The highest BCUT2D eigenvalue weighted by Gasteiger charge is 2.46. The van der Waals surface area contributed by atoms with Gasteiger partial charge in [-0.1, -0.05) is 0 Å². The van der Waals surface area contributed by atoms with Crippen molar-refractivity contribution in [1.29, 1.82) is 0 Å². The molecule has 10 heteroatoms. The normalized spacial score (nSPS) is 22.5. The SMILES string of the molecule is O=C1Cn2nc(-c3cccnc3)nc2CC2(CCN(S(=O)(=O)C3CC3)CC2)N1. The average Bonchev–Trinajstić information content (AvgIpc) is 3.48. The fourth-order valence-corrected chi connectivity index (χ4v) is 5.96. The van der Waals surface area contributed by atoms with Crippen molar-refractivity contribution in [3.05, 3.63) is 30.4 Å². The molecular formula is C18H22N6O3S. The van der Waals surface area contributed by atoms with Gasteiger partial charge in [0, 0.05) is 43.0 Å². The topological polar surface area (TPSA) is 110 Å². The summed E-state index contributed by atoms with van der Waals surface area (Å²) in [5.74, 6) is 1.19. The lowest BCUT2D eigenvalue weighted by atomic mass is 9.85. The molecule has 3 aliphatic rings. The minimum atomic E-state index is -3.18. The zero-order valence-corrected chi connectivity index (χ0v) is 16.2. The summed E-state index contributed by atoms with van der Waals surface area (Å²) in [6.07, 6.45) is 6.63. The third-order valence-electron chi connectivity index (χ3n) is 5.85. The van der Waals surface area contributed by atoms with Gasteiger partial charge in [-0.2, -0.15) is 5.10 Å². The summed E-state index contributed by atoms with van der Waals surface area (Å²) in [7, 11) is -3.18. The smallest absolute Gasteiger partial charge is 0.242 e. The van der Waals surface area contributed by atoms with Crippen molar-refractivity contribution in [3.8, 4) is 11.4 Å². The predicted molar refractivity (Wildman–Crippen MR) is 101 cm³/mol. The number of amides is 1. The molecule has 1 saturated carbocycles. The van der Waals surface area contributed by atoms with Crippen LogP contribution in [0.15, 0.2) is 24.5 Å². The van der Waals surface area contributed by atoms with Gasteiger partial charge in [-0.05, 0) is 37.8 Å². The van der Waals surface area contributed by atoms with Crippen LogP contribution in [0.3, 0.4) is 0 Å². The van der Waals surface area contributed by atoms with Crippen LogP contribution in [0.2, 0.25) is 0 Å². The van der Waals surface area contributed by atoms with Gasteiger partial charge in [0.15, 0.2) is 5.82 Å². The van der Waals surface area contributed by atoms with E-state index in [0.29, 0.717) is 38.2 Å². The number of nitrogens with zero attached hydrogens (tertiary/aromatic N) is 5. The molecule has 5 rings (SSSR count). The van der Waals surface area contributed by atoms with Crippen LogP contribution < -0.4 is 5.32 Å². The molecule has 1 N–H and O–H groups in total. The van der Waals surface area contributed by atoms with E-state index in [4.69, 9.17) is 0 Å². The lowest BCUT2D eigenvalue weighted by Crippen LogP contribution is -2.57. The van der Waals surface area contributed by atoms with Crippen molar-refractivity contribution < 1.29 is 13.2 Å². The van der Waals surface area contributed by atoms with Crippen molar-refractivity contribution in [2.45, 2.75) is 49.4 Å². The number of fused-ring (bicyclic) bond motifs is 1. The van der Waals surface area contributed by atoms with Crippen molar-refractivity contribution in [2.75, 3.05) is 13.1 Å². The molecule has 2 fully saturated rings. The quantitative estimate of drug-likeness (QED) is 0.793. The zero-order valence-electron chi connectivity index (χ0n) is 15.4. The summed E-state index contributed by atoms with van der Waals surface area (Å²) < 4.78 is 28.3. The van der Waals surface area contributed by atoms with Crippen LogP contribution in [0.4, 0.5) is 0 Å². The number of hydrogen-bond acceptors (Lipinski definition) is 6. The van der Waals surface area contributed by atoms with E-state index in [1.54, 1.807) is 21.4 Å². The number of hydrogen-bond donors (Lipinski definition) is 1. The third kappa shape index (κ3) is 3.10. The predicted octanol–water partition coefficient (Wildman–Crippen LogP) is 0.339.